The van der Waals surface area contributed by atoms with Crippen LogP contribution >= 0.6 is 11.3 Å². The van der Waals surface area contributed by atoms with Crippen LogP contribution in [0.25, 0.3) is 10.9 Å². The number of fused-ring (bicyclic) bond motifs is 1. The van der Waals surface area contributed by atoms with Crippen molar-refractivity contribution in [2.45, 2.75) is 6.42 Å². The number of carbonyl (C=O) groups is 1. The van der Waals surface area contributed by atoms with Crippen molar-refractivity contribution in [3.05, 3.63) is 93.8 Å². The number of thiophene rings is 1. The van der Waals surface area contributed by atoms with Crippen LogP contribution in [0.1, 0.15) is 26.4 Å². The molecule has 0 atom stereocenters. The Bertz CT molecular complexity index is 1400. The minimum atomic E-state index is -0.109. The SMILES string of the molecule is O=C(Nc1cccc(Cc2ccc3[nH]c(O)c(/C=N/c4ccn[nH]4)c3c2)c1)c1cccs1. The van der Waals surface area contributed by atoms with Gasteiger partial charge in [0, 0.05) is 28.9 Å². The van der Waals surface area contributed by atoms with Gasteiger partial charge in [-0.15, -0.1) is 11.3 Å². The maximum Gasteiger partial charge on any atom is 0.265 e. The van der Waals surface area contributed by atoms with Gasteiger partial charge >= 0.3 is 0 Å². The number of hydrogen-bond acceptors (Lipinski definition) is 5. The highest BCUT2D eigenvalue weighted by atomic mass is 32.1. The molecule has 3 heterocycles. The molecule has 2 aromatic carbocycles. The van der Waals surface area contributed by atoms with Gasteiger partial charge in [-0.1, -0.05) is 24.3 Å². The largest absolute Gasteiger partial charge is 0.494 e. The first-order chi connectivity index (χ1) is 15.7. The lowest BCUT2D eigenvalue weighted by Gasteiger charge is -2.07. The Hall–Kier alpha value is -4.17. The number of H-pyrrole nitrogens is 2. The predicted molar refractivity (Wildman–Crippen MR) is 127 cm³/mol. The number of aliphatic imine (C=N–C) groups is 1. The van der Waals surface area contributed by atoms with Crippen LogP contribution in [0.5, 0.6) is 5.88 Å². The summed E-state index contributed by atoms with van der Waals surface area (Å²) in [6.07, 6.45) is 3.92. The minimum absolute atomic E-state index is 0.0682. The van der Waals surface area contributed by atoms with Gasteiger partial charge in [0.1, 0.15) is 5.82 Å². The number of rotatable bonds is 6. The van der Waals surface area contributed by atoms with Crippen LogP contribution in [0.15, 0.2) is 77.2 Å². The molecule has 0 radical (unpaired) electrons. The Morgan fingerprint density at radius 3 is 2.84 bits per heavy atom. The zero-order valence-electron chi connectivity index (χ0n) is 16.9. The van der Waals surface area contributed by atoms with Crippen molar-refractivity contribution in [3.63, 3.8) is 0 Å². The summed E-state index contributed by atoms with van der Waals surface area (Å²) in [6, 6.07) is 19.2. The molecule has 0 saturated heterocycles. The topological polar surface area (TPSA) is 106 Å². The van der Waals surface area contributed by atoms with E-state index in [0.29, 0.717) is 22.7 Å². The Labute approximate surface area is 187 Å². The average molecular weight is 442 g/mol. The van der Waals surface area contributed by atoms with E-state index in [9.17, 15) is 9.90 Å². The molecule has 0 saturated carbocycles. The third-order valence-electron chi connectivity index (χ3n) is 5.04. The molecule has 0 aliphatic rings. The molecule has 0 unspecified atom stereocenters. The van der Waals surface area contributed by atoms with Crippen LogP contribution in [0, 0.1) is 0 Å². The molecule has 158 valence electrons. The first-order valence-electron chi connectivity index (χ1n) is 9.96. The van der Waals surface area contributed by atoms with E-state index in [4.69, 9.17) is 0 Å². The molecule has 8 heteroatoms. The van der Waals surface area contributed by atoms with Crippen molar-refractivity contribution in [3.8, 4) is 5.88 Å². The fourth-order valence-electron chi connectivity index (χ4n) is 3.54. The monoisotopic (exact) mass is 441 g/mol. The van der Waals surface area contributed by atoms with Crippen molar-refractivity contribution in [1.29, 1.82) is 0 Å². The molecule has 1 amide bonds. The summed E-state index contributed by atoms with van der Waals surface area (Å²) in [5.74, 6) is 0.567. The van der Waals surface area contributed by atoms with Gasteiger partial charge in [0.15, 0.2) is 5.88 Å². The minimum Gasteiger partial charge on any atom is -0.494 e. The van der Waals surface area contributed by atoms with E-state index in [2.05, 4.69) is 25.5 Å². The lowest BCUT2D eigenvalue weighted by Crippen LogP contribution is -2.10. The van der Waals surface area contributed by atoms with E-state index in [1.807, 2.05) is 53.9 Å². The van der Waals surface area contributed by atoms with Crippen LogP contribution < -0.4 is 5.32 Å². The van der Waals surface area contributed by atoms with Gasteiger partial charge in [-0.2, -0.15) is 5.10 Å². The summed E-state index contributed by atoms with van der Waals surface area (Å²) >= 11 is 1.41. The van der Waals surface area contributed by atoms with Crippen LogP contribution in [0.4, 0.5) is 11.5 Å². The number of hydrogen-bond donors (Lipinski definition) is 4. The fraction of sp³-hybridized carbons (Fsp3) is 0.0417. The molecule has 32 heavy (non-hydrogen) atoms. The third-order valence-corrected chi connectivity index (χ3v) is 5.91. The van der Waals surface area contributed by atoms with Crippen LogP contribution in [0.3, 0.4) is 0 Å². The molecule has 0 aliphatic heterocycles. The van der Waals surface area contributed by atoms with Crippen LogP contribution in [-0.4, -0.2) is 32.4 Å². The number of carbonyl (C=O) groups excluding carboxylic acids is 1. The number of aromatic nitrogens is 3. The summed E-state index contributed by atoms with van der Waals surface area (Å²) in [4.78, 5) is 20.3. The predicted octanol–water partition coefficient (Wildman–Crippen LogP) is 5.25. The number of nitrogens with zero attached hydrogens (tertiary/aromatic N) is 2. The van der Waals surface area contributed by atoms with Crippen molar-refractivity contribution >= 4 is 45.9 Å². The van der Waals surface area contributed by atoms with E-state index in [-0.39, 0.29) is 11.8 Å². The van der Waals surface area contributed by atoms with E-state index in [1.54, 1.807) is 24.5 Å². The van der Waals surface area contributed by atoms with Gasteiger partial charge in [0.2, 0.25) is 0 Å². The smallest absolute Gasteiger partial charge is 0.265 e. The molecule has 4 N–H and O–H groups in total. The van der Waals surface area contributed by atoms with Crippen molar-refractivity contribution in [2.24, 2.45) is 4.99 Å². The van der Waals surface area contributed by atoms with E-state index >= 15 is 0 Å². The quantitative estimate of drug-likeness (QED) is 0.270. The standard InChI is InChI=1S/C24H19N5O2S/c30-23-19(14-25-22-8-9-26-29-22)18-13-16(6-7-20(18)28-23)11-15-3-1-4-17(12-15)27-24(31)21-5-2-10-32-21/h1-10,12-14,28,30H,11H2,(H,26,29)(H,27,31)/b25-14+. The fourth-order valence-corrected chi connectivity index (χ4v) is 4.16. The average Bonchev–Trinajstić information content (AvgIpc) is 3.54. The zero-order chi connectivity index (χ0) is 21.9. The summed E-state index contributed by atoms with van der Waals surface area (Å²) in [7, 11) is 0. The molecule has 5 rings (SSSR count). The van der Waals surface area contributed by atoms with Gasteiger partial charge in [0.05, 0.1) is 16.6 Å². The lowest BCUT2D eigenvalue weighted by atomic mass is 10.0. The Balaban J connectivity index is 1.38. The number of aromatic hydroxyl groups is 1. The molecule has 3 aromatic heterocycles. The van der Waals surface area contributed by atoms with Crippen molar-refractivity contribution in [1.82, 2.24) is 15.2 Å². The molecule has 7 nitrogen and oxygen atoms in total. The maximum absolute atomic E-state index is 12.3. The second-order valence-corrected chi connectivity index (χ2v) is 8.22. The first-order valence-corrected chi connectivity index (χ1v) is 10.8. The van der Waals surface area contributed by atoms with Gasteiger partial charge in [-0.25, -0.2) is 4.99 Å². The number of amides is 1. The van der Waals surface area contributed by atoms with Crippen molar-refractivity contribution in [2.75, 3.05) is 5.32 Å². The number of anilines is 1. The lowest BCUT2D eigenvalue weighted by molar-refractivity contribution is 0.103. The Morgan fingerprint density at radius 2 is 2.03 bits per heavy atom. The highest BCUT2D eigenvalue weighted by Crippen LogP contribution is 2.28. The molecule has 5 aromatic rings. The number of nitrogens with one attached hydrogen (secondary N) is 3. The summed E-state index contributed by atoms with van der Waals surface area (Å²) in [5, 5.41) is 22.7. The van der Waals surface area contributed by atoms with Crippen molar-refractivity contribution < 1.29 is 9.90 Å². The van der Waals surface area contributed by atoms with E-state index in [1.165, 1.54) is 11.3 Å². The summed E-state index contributed by atoms with van der Waals surface area (Å²) in [5.41, 5.74) is 4.35. The summed E-state index contributed by atoms with van der Waals surface area (Å²) in [6.45, 7) is 0. The van der Waals surface area contributed by atoms with Gasteiger partial charge in [0.25, 0.3) is 5.91 Å². The molecular weight excluding hydrogens is 422 g/mol. The molecule has 0 fully saturated rings. The molecule has 0 bridgehead atoms. The molecular formula is C24H19N5O2S. The normalized spacial score (nSPS) is 11.4. The van der Waals surface area contributed by atoms with Crippen LogP contribution in [0.2, 0.25) is 0 Å². The number of benzene rings is 2. The zero-order valence-corrected chi connectivity index (χ0v) is 17.7. The second kappa shape index (κ2) is 8.52. The Morgan fingerprint density at radius 1 is 1.12 bits per heavy atom. The van der Waals surface area contributed by atoms with E-state index < -0.39 is 0 Å². The molecule has 0 spiro atoms. The highest BCUT2D eigenvalue weighted by Gasteiger charge is 2.11. The van der Waals surface area contributed by atoms with Gasteiger partial charge < -0.3 is 15.4 Å². The van der Waals surface area contributed by atoms with E-state index in [0.717, 1.165) is 27.7 Å². The van der Waals surface area contributed by atoms with Gasteiger partial charge in [-0.05, 0) is 53.3 Å². The second-order valence-electron chi connectivity index (χ2n) is 7.28. The van der Waals surface area contributed by atoms with Crippen LogP contribution in [-0.2, 0) is 6.42 Å². The van der Waals surface area contributed by atoms with Gasteiger partial charge in [-0.3, -0.25) is 9.89 Å². The maximum atomic E-state index is 12.3. The highest BCUT2D eigenvalue weighted by molar-refractivity contribution is 7.12. The molecule has 0 aliphatic carbocycles. The first kappa shape index (κ1) is 19.8. The Kier molecular flexibility index (Phi) is 5.27. The number of aromatic amines is 2. The third kappa shape index (κ3) is 4.17. The summed E-state index contributed by atoms with van der Waals surface area (Å²) < 4.78 is 0.